The van der Waals surface area contributed by atoms with Crippen LogP contribution in [0.2, 0.25) is 0 Å². The van der Waals surface area contributed by atoms with Gasteiger partial charge in [0.05, 0.1) is 0 Å². The molecule has 6 nitrogen and oxygen atoms in total. The fraction of sp³-hybridized carbons (Fsp3) is 0.772. The zero-order chi connectivity index (χ0) is 45.8. The molecule has 0 saturated heterocycles. The lowest BCUT2D eigenvalue weighted by Gasteiger charge is -2.18. The van der Waals surface area contributed by atoms with E-state index in [0.29, 0.717) is 19.3 Å². The third-order valence-electron chi connectivity index (χ3n) is 11.5. The molecule has 0 radical (unpaired) electrons. The summed E-state index contributed by atoms with van der Waals surface area (Å²) in [5, 5.41) is 0. The van der Waals surface area contributed by atoms with Crippen molar-refractivity contribution in [2.24, 2.45) is 0 Å². The van der Waals surface area contributed by atoms with Gasteiger partial charge in [0.25, 0.3) is 0 Å². The molecule has 0 aliphatic carbocycles. The van der Waals surface area contributed by atoms with Gasteiger partial charge in [-0.2, -0.15) is 0 Å². The molecule has 364 valence electrons. The van der Waals surface area contributed by atoms with Crippen LogP contribution >= 0.6 is 0 Å². The Bertz CT molecular complexity index is 1150. The Morgan fingerprint density at radius 3 is 1.00 bits per heavy atom. The molecule has 0 aromatic heterocycles. The van der Waals surface area contributed by atoms with Gasteiger partial charge in [-0.1, -0.05) is 223 Å². The Labute approximate surface area is 390 Å². The Morgan fingerprint density at radius 1 is 0.317 bits per heavy atom. The highest BCUT2D eigenvalue weighted by molar-refractivity contribution is 5.71. The summed E-state index contributed by atoms with van der Waals surface area (Å²) in [4.78, 5) is 38.0. The molecule has 0 aliphatic heterocycles. The minimum Gasteiger partial charge on any atom is -0.462 e. The maximum Gasteiger partial charge on any atom is 0.306 e. The van der Waals surface area contributed by atoms with Crippen LogP contribution in [0.15, 0.2) is 60.8 Å². The van der Waals surface area contributed by atoms with Gasteiger partial charge in [0.15, 0.2) is 6.10 Å². The Hall–Kier alpha value is -2.89. The molecule has 0 spiro atoms. The number of unbranched alkanes of at least 4 members (excludes halogenated alkanes) is 27. The molecule has 0 N–H and O–H groups in total. The first-order chi connectivity index (χ1) is 31.0. The van der Waals surface area contributed by atoms with E-state index in [9.17, 15) is 14.4 Å². The molecule has 0 unspecified atom stereocenters. The molecule has 0 aliphatic rings. The fourth-order valence-electron chi connectivity index (χ4n) is 7.41. The Balaban J connectivity index is 4.40. The number of carbonyl (C=O) groups excluding carboxylic acids is 3. The highest BCUT2D eigenvalue weighted by Gasteiger charge is 2.19. The predicted octanol–water partition coefficient (Wildman–Crippen LogP) is 17.6. The molecule has 0 bridgehead atoms. The van der Waals surface area contributed by atoms with Gasteiger partial charge in [0, 0.05) is 19.3 Å². The molecule has 0 fully saturated rings. The summed E-state index contributed by atoms with van der Waals surface area (Å²) in [5.41, 5.74) is 0. The third-order valence-corrected chi connectivity index (χ3v) is 11.5. The van der Waals surface area contributed by atoms with Crippen LogP contribution in [0.4, 0.5) is 0 Å². The summed E-state index contributed by atoms with van der Waals surface area (Å²) in [6.45, 7) is 6.55. The van der Waals surface area contributed by atoms with Crippen molar-refractivity contribution in [2.75, 3.05) is 13.2 Å². The van der Waals surface area contributed by atoms with Gasteiger partial charge in [-0.05, 0) is 83.5 Å². The number of hydrogen-bond donors (Lipinski definition) is 0. The minimum absolute atomic E-state index is 0.0872. The summed E-state index contributed by atoms with van der Waals surface area (Å²) in [7, 11) is 0. The van der Waals surface area contributed by atoms with Crippen LogP contribution in [0.1, 0.15) is 265 Å². The molecule has 0 aromatic carbocycles. The van der Waals surface area contributed by atoms with Gasteiger partial charge in [0.2, 0.25) is 0 Å². The standard InChI is InChI=1S/C57H100O6/c1-4-7-10-13-16-19-22-24-26-27-28-29-31-32-35-38-41-44-47-50-56(59)62-53-54(52-61-55(58)49-46-43-40-37-34-21-18-15-12-9-6-3)63-57(60)51-48-45-42-39-36-33-30-25-23-20-17-14-11-8-5-2/h15-16,18-19,24,26,28-29,32,35,54H,4-14,17,20-23,25,27,30-31,33-34,36-53H2,1-3H3/b18-15-,19-16-,26-24-,29-28-,35-32-/t54-/m0/s1. The van der Waals surface area contributed by atoms with Crippen molar-refractivity contribution >= 4 is 17.9 Å². The first kappa shape index (κ1) is 60.1. The van der Waals surface area contributed by atoms with Gasteiger partial charge in [-0.3, -0.25) is 14.4 Å². The maximum absolute atomic E-state index is 12.8. The van der Waals surface area contributed by atoms with Crippen LogP contribution in [0.5, 0.6) is 0 Å². The first-order valence-corrected chi connectivity index (χ1v) is 26.8. The van der Waals surface area contributed by atoms with Crippen molar-refractivity contribution < 1.29 is 28.6 Å². The van der Waals surface area contributed by atoms with Crippen LogP contribution in [-0.2, 0) is 28.6 Å². The lowest BCUT2D eigenvalue weighted by Crippen LogP contribution is -2.30. The number of allylic oxidation sites excluding steroid dienone is 10. The summed E-state index contributed by atoms with van der Waals surface area (Å²) < 4.78 is 16.8. The molecule has 0 rings (SSSR count). The number of rotatable bonds is 48. The average molecular weight is 881 g/mol. The minimum atomic E-state index is -0.787. The van der Waals surface area contributed by atoms with Crippen LogP contribution in [0, 0.1) is 0 Å². The second kappa shape index (κ2) is 51.7. The monoisotopic (exact) mass is 881 g/mol. The van der Waals surface area contributed by atoms with E-state index >= 15 is 0 Å². The van der Waals surface area contributed by atoms with Crippen LogP contribution in [-0.4, -0.2) is 37.2 Å². The van der Waals surface area contributed by atoms with E-state index in [0.717, 1.165) is 89.9 Å². The van der Waals surface area contributed by atoms with Gasteiger partial charge >= 0.3 is 17.9 Å². The summed E-state index contributed by atoms with van der Waals surface area (Å²) in [6, 6.07) is 0. The van der Waals surface area contributed by atoms with E-state index in [2.05, 4.69) is 81.5 Å². The van der Waals surface area contributed by atoms with Gasteiger partial charge < -0.3 is 14.2 Å². The van der Waals surface area contributed by atoms with Crippen molar-refractivity contribution in [3.8, 4) is 0 Å². The Morgan fingerprint density at radius 2 is 0.587 bits per heavy atom. The van der Waals surface area contributed by atoms with Crippen molar-refractivity contribution in [2.45, 2.75) is 271 Å². The summed E-state index contributed by atoms with van der Waals surface area (Å²) in [5.74, 6) is -0.921. The van der Waals surface area contributed by atoms with Crippen LogP contribution in [0.3, 0.4) is 0 Å². The predicted molar refractivity (Wildman–Crippen MR) is 270 cm³/mol. The van der Waals surface area contributed by atoms with Gasteiger partial charge in [0.1, 0.15) is 13.2 Å². The number of carbonyl (C=O) groups is 3. The lowest BCUT2D eigenvalue weighted by molar-refractivity contribution is -0.167. The van der Waals surface area contributed by atoms with Gasteiger partial charge in [-0.15, -0.1) is 0 Å². The summed E-state index contributed by atoms with van der Waals surface area (Å²) in [6.07, 6.45) is 63.5. The molecule has 63 heavy (non-hydrogen) atoms. The van der Waals surface area contributed by atoms with Crippen molar-refractivity contribution in [1.82, 2.24) is 0 Å². The number of esters is 3. The molecular formula is C57H100O6. The highest BCUT2D eigenvalue weighted by Crippen LogP contribution is 2.15. The fourth-order valence-corrected chi connectivity index (χ4v) is 7.41. The number of ether oxygens (including phenoxy) is 3. The average Bonchev–Trinajstić information content (AvgIpc) is 3.28. The largest absolute Gasteiger partial charge is 0.462 e. The molecule has 0 aromatic rings. The highest BCUT2D eigenvalue weighted by atomic mass is 16.6. The number of hydrogen-bond acceptors (Lipinski definition) is 6. The van der Waals surface area contributed by atoms with Crippen LogP contribution < -0.4 is 0 Å². The molecule has 0 heterocycles. The second-order valence-electron chi connectivity index (χ2n) is 17.8. The van der Waals surface area contributed by atoms with E-state index in [1.807, 2.05) is 0 Å². The quantitative estimate of drug-likeness (QED) is 0.0262. The molecular weight excluding hydrogens is 781 g/mol. The Kier molecular flexibility index (Phi) is 49.4. The van der Waals surface area contributed by atoms with E-state index in [-0.39, 0.29) is 31.1 Å². The van der Waals surface area contributed by atoms with Crippen molar-refractivity contribution in [3.05, 3.63) is 60.8 Å². The van der Waals surface area contributed by atoms with Crippen LogP contribution in [0.25, 0.3) is 0 Å². The third kappa shape index (κ3) is 50.0. The maximum atomic E-state index is 12.8. The summed E-state index contributed by atoms with van der Waals surface area (Å²) >= 11 is 0. The van der Waals surface area contributed by atoms with E-state index < -0.39 is 6.10 Å². The van der Waals surface area contributed by atoms with E-state index in [4.69, 9.17) is 14.2 Å². The van der Waals surface area contributed by atoms with E-state index in [1.54, 1.807) is 0 Å². The molecule has 1 atom stereocenters. The zero-order valence-electron chi connectivity index (χ0n) is 41.6. The van der Waals surface area contributed by atoms with Gasteiger partial charge in [-0.25, -0.2) is 0 Å². The first-order valence-electron chi connectivity index (χ1n) is 26.8. The van der Waals surface area contributed by atoms with Crippen molar-refractivity contribution in [3.63, 3.8) is 0 Å². The molecule has 6 heteroatoms. The zero-order valence-corrected chi connectivity index (χ0v) is 41.6. The lowest BCUT2D eigenvalue weighted by atomic mass is 10.0. The SMILES string of the molecule is CCCC/C=C\CCCCCCCC(=O)OC[C@@H](COC(=O)CCCCC/C=C\C/C=C\C/C=C\C/C=C\CCCCC)OC(=O)CCCCCCCCCCCCCCCCC. The van der Waals surface area contributed by atoms with E-state index in [1.165, 1.54) is 135 Å². The normalized spacial score (nSPS) is 12.5. The molecule has 0 saturated carbocycles. The van der Waals surface area contributed by atoms with Crippen molar-refractivity contribution in [1.29, 1.82) is 0 Å². The smallest absolute Gasteiger partial charge is 0.306 e. The topological polar surface area (TPSA) is 78.9 Å². The molecule has 0 amide bonds. The second-order valence-corrected chi connectivity index (χ2v) is 17.8.